The van der Waals surface area contributed by atoms with Gasteiger partial charge in [0.05, 0.1) is 5.02 Å². The quantitative estimate of drug-likeness (QED) is 0.849. The molecule has 2 N–H and O–H groups in total. The molecule has 0 radical (unpaired) electrons. The number of aromatic hydroxyl groups is 1. The predicted octanol–water partition coefficient (Wildman–Crippen LogP) is 2.70. The van der Waals surface area contributed by atoms with Gasteiger partial charge >= 0.3 is 0 Å². The number of halogens is 3. The summed E-state index contributed by atoms with van der Waals surface area (Å²) >= 11 is 8.39. The van der Waals surface area contributed by atoms with Crippen molar-refractivity contribution in [3.63, 3.8) is 0 Å². The summed E-state index contributed by atoms with van der Waals surface area (Å²) in [6.07, 6.45) is 0. The van der Waals surface area contributed by atoms with E-state index in [0.29, 0.717) is 5.56 Å². The SMILES string of the molecule is O=c1[nH]c(-c2ccc(Cl)c(F)c2)nc(O)c1Br. The molecule has 7 heteroatoms. The lowest BCUT2D eigenvalue weighted by molar-refractivity contribution is 0.448. The van der Waals surface area contributed by atoms with Crippen molar-refractivity contribution in [2.75, 3.05) is 0 Å². The molecule has 17 heavy (non-hydrogen) atoms. The van der Waals surface area contributed by atoms with Crippen molar-refractivity contribution in [1.82, 2.24) is 9.97 Å². The maximum absolute atomic E-state index is 13.2. The van der Waals surface area contributed by atoms with E-state index in [1.807, 2.05) is 0 Å². The Morgan fingerprint density at radius 2 is 2.18 bits per heavy atom. The number of rotatable bonds is 1. The Labute approximate surface area is 108 Å². The molecular formula is C10H5BrClFN2O2. The molecule has 2 aromatic rings. The predicted molar refractivity (Wildman–Crippen MR) is 64.6 cm³/mol. The van der Waals surface area contributed by atoms with Gasteiger partial charge in [0.25, 0.3) is 5.56 Å². The van der Waals surface area contributed by atoms with Crippen LogP contribution in [-0.2, 0) is 0 Å². The lowest BCUT2D eigenvalue weighted by atomic mass is 10.2. The molecule has 2 rings (SSSR count). The van der Waals surface area contributed by atoms with Crippen LogP contribution in [0, 0.1) is 5.82 Å². The minimum Gasteiger partial charge on any atom is -0.492 e. The van der Waals surface area contributed by atoms with Crippen LogP contribution in [0.3, 0.4) is 0 Å². The molecule has 0 aliphatic rings. The first-order valence-electron chi connectivity index (χ1n) is 4.43. The maximum Gasteiger partial charge on any atom is 0.269 e. The van der Waals surface area contributed by atoms with Crippen LogP contribution in [-0.4, -0.2) is 15.1 Å². The second-order valence-electron chi connectivity index (χ2n) is 3.18. The average molecular weight is 320 g/mol. The van der Waals surface area contributed by atoms with E-state index in [1.165, 1.54) is 12.1 Å². The van der Waals surface area contributed by atoms with Crippen molar-refractivity contribution < 1.29 is 9.50 Å². The molecule has 1 heterocycles. The number of H-pyrrole nitrogens is 1. The summed E-state index contributed by atoms with van der Waals surface area (Å²) in [6, 6.07) is 3.94. The van der Waals surface area contributed by atoms with Crippen LogP contribution in [0.15, 0.2) is 27.5 Å². The van der Waals surface area contributed by atoms with Crippen LogP contribution in [0.5, 0.6) is 5.88 Å². The van der Waals surface area contributed by atoms with Crippen LogP contribution in [0.1, 0.15) is 0 Å². The fourth-order valence-electron chi connectivity index (χ4n) is 1.23. The molecule has 88 valence electrons. The highest BCUT2D eigenvalue weighted by molar-refractivity contribution is 9.10. The standard InChI is InChI=1S/C10H5BrClFN2O2/c11-7-9(16)14-8(15-10(7)17)4-1-2-5(12)6(13)3-4/h1-3H,(H2,14,15,16,17). The Morgan fingerprint density at radius 1 is 1.47 bits per heavy atom. The van der Waals surface area contributed by atoms with Crippen molar-refractivity contribution in [2.24, 2.45) is 0 Å². The van der Waals surface area contributed by atoms with Gasteiger partial charge in [-0.25, -0.2) is 4.39 Å². The summed E-state index contributed by atoms with van der Waals surface area (Å²) in [7, 11) is 0. The molecule has 1 aromatic heterocycles. The van der Waals surface area contributed by atoms with Crippen LogP contribution in [0.2, 0.25) is 5.02 Å². The zero-order valence-electron chi connectivity index (χ0n) is 8.17. The Morgan fingerprint density at radius 3 is 2.76 bits per heavy atom. The number of hydrogen-bond donors (Lipinski definition) is 2. The van der Waals surface area contributed by atoms with Gasteiger partial charge in [0, 0.05) is 5.56 Å². The molecule has 0 saturated carbocycles. The molecule has 0 aliphatic carbocycles. The molecule has 0 bridgehead atoms. The molecule has 0 unspecified atom stereocenters. The number of aromatic amines is 1. The zero-order valence-corrected chi connectivity index (χ0v) is 10.5. The van der Waals surface area contributed by atoms with Gasteiger partial charge in [-0.2, -0.15) is 4.98 Å². The van der Waals surface area contributed by atoms with Crippen molar-refractivity contribution >= 4 is 27.5 Å². The molecule has 0 atom stereocenters. The fourth-order valence-corrected chi connectivity index (χ4v) is 1.53. The third-order valence-corrected chi connectivity index (χ3v) is 3.06. The van der Waals surface area contributed by atoms with Crippen molar-refractivity contribution in [3.8, 4) is 17.3 Å². The van der Waals surface area contributed by atoms with E-state index in [9.17, 15) is 14.3 Å². The second kappa shape index (κ2) is 4.46. The lowest BCUT2D eigenvalue weighted by Crippen LogP contribution is -2.09. The van der Waals surface area contributed by atoms with E-state index in [0.717, 1.165) is 6.07 Å². The Balaban J connectivity index is 2.61. The number of benzene rings is 1. The van der Waals surface area contributed by atoms with E-state index in [1.54, 1.807) is 0 Å². The first kappa shape index (κ1) is 12.1. The number of hydrogen-bond acceptors (Lipinski definition) is 3. The van der Waals surface area contributed by atoms with E-state index in [4.69, 9.17) is 11.6 Å². The van der Waals surface area contributed by atoms with Crippen molar-refractivity contribution in [2.45, 2.75) is 0 Å². The van der Waals surface area contributed by atoms with E-state index >= 15 is 0 Å². The van der Waals surface area contributed by atoms with Gasteiger partial charge in [-0.3, -0.25) is 4.79 Å². The van der Waals surface area contributed by atoms with Crippen LogP contribution < -0.4 is 5.56 Å². The highest BCUT2D eigenvalue weighted by Gasteiger charge is 2.10. The minimum absolute atomic E-state index is 0.0302. The van der Waals surface area contributed by atoms with E-state index < -0.39 is 17.3 Å². The molecule has 0 spiro atoms. The van der Waals surface area contributed by atoms with Crippen molar-refractivity contribution in [1.29, 1.82) is 0 Å². The van der Waals surface area contributed by atoms with Gasteiger partial charge in [-0.1, -0.05) is 11.6 Å². The highest BCUT2D eigenvalue weighted by Crippen LogP contribution is 2.24. The normalized spacial score (nSPS) is 10.5. The third kappa shape index (κ3) is 2.32. The first-order chi connectivity index (χ1) is 7.99. The van der Waals surface area contributed by atoms with E-state index in [2.05, 4.69) is 25.9 Å². The number of nitrogens with one attached hydrogen (secondary N) is 1. The lowest BCUT2D eigenvalue weighted by Gasteiger charge is -2.03. The fraction of sp³-hybridized carbons (Fsp3) is 0. The van der Waals surface area contributed by atoms with Crippen LogP contribution in [0.25, 0.3) is 11.4 Å². The monoisotopic (exact) mass is 318 g/mol. The first-order valence-corrected chi connectivity index (χ1v) is 5.60. The molecule has 0 fully saturated rings. The van der Waals surface area contributed by atoms with Gasteiger partial charge in [0.2, 0.25) is 5.88 Å². The van der Waals surface area contributed by atoms with E-state index in [-0.39, 0.29) is 15.3 Å². The third-order valence-electron chi connectivity index (χ3n) is 2.04. The summed E-state index contributed by atoms with van der Waals surface area (Å²) in [5.74, 6) is -1.03. The molecule has 0 amide bonds. The number of aromatic nitrogens is 2. The molecule has 1 aromatic carbocycles. The van der Waals surface area contributed by atoms with Gasteiger partial charge in [0.15, 0.2) is 0 Å². The van der Waals surface area contributed by atoms with Gasteiger partial charge in [-0.15, -0.1) is 0 Å². The summed E-state index contributed by atoms with van der Waals surface area (Å²) < 4.78 is 13.1. The average Bonchev–Trinajstić information content (AvgIpc) is 2.29. The van der Waals surface area contributed by atoms with Crippen molar-refractivity contribution in [3.05, 3.63) is 43.9 Å². The molecule has 0 aliphatic heterocycles. The summed E-state index contributed by atoms with van der Waals surface area (Å²) in [5.41, 5.74) is -0.241. The zero-order chi connectivity index (χ0) is 12.6. The molecule has 0 saturated heterocycles. The smallest absolute Gasteiger partial charge is 0.269 e. The molecular weight excluding hydrogens is 314 g/mol. The Bertz CT molecular complexity index is 645. The van der Waals surface area contributed by atoms with Crippen LogP contribution in [0.4, 0.5) is 4.39 Å². The second-order valence-corrected chi connectivity index (χ2v) is 4.38. The topological polar surface area (TPSA) is 66.0 Å². The van der Waals surface area contributed by atoms with Gasteiger partial charge in [0.1, 0.15) is 16.1 Å². The highest BCUT2D eigenvalue weighted by atomic mass is 79.9. The Kier molecular flexibility index (Phi) is 3.17. The largest absolute Gasteiger partial charge is 0.492 e. The molecule has 4 nitrogen and oxygen atoms in total. The maximum atomic E-state index is 13.2. The minimum atomic E-state index is -0.630. The Hall–Kier alpha value is -1.40. The summed E-state index contributed by atoms with van der Waals surface area (Å²) in [6.45, 7) is 0. The number of nitrogens with zero attached hydrogens (tertiary/aromatic N) is 1. The van der Waals surface area contributed by atoms with Gasteiger partial charge in [-0.05, 0) is 34.1 Å². The summed E-state index contributed by atoms with van der Waals surface area (Å²) in [4.78, 5) is 17.5. The van der Waals surface area contributed by atoms with Gasteiger partial charge < -0.3 is 10.1 Å². The van der Waals surface area contributed by atoms with Crippen LogP contribution >= 0.6 is 27.5 Å². The summed E-state index contributed by atoms with van der Waals surface area (Å²) in [5, 5.41) is 9.34.